The van der Waals surface area contributed by atoms with Gasteiger partial charge in [0.05, 0.1) is 16.3 Å². The lowest BCUT2D eigenvalue weighted by Gasteiger charge is -2.00. The summed E-state index contributed by atoms with van der Waals surface area (Å²) < 4.78 is 39.9. The van der Waals surface area contributed by atoms with E-state index in [2.05, 4.69) is 15.4 Å². The smallest absolute Gasteiger partial charge is 0.332 e. The van der Waals surface area contributed by atoms with Crippen LogP contribution in [0.3, 0.4) is 0 Å². The molecule has 3 heterocycles. The lowest BCUT2D eigenvalue weighted by Crippen LogP contribution is -2.06. The first kappa shape index (κ1) is 18.7. The molecule has 0 aliphatic rings. The molecule has 0 atom stereocenters. The highest BCUT2D eigenvalue weighted by Crippen LogP contribution is 2.34. The molecule has 1 aromatic carbocycles. The second-order valence-corrected chi connectivity index (χ2v) is 8.14. The first-order chi connectivity index (χ1) is 13.4. The number of thiazole rings is 1. The lowest BCUT2D eigenvalue weighted by molar-refractivity contribution is -0.141. The SMILES string of the molecule is Cn1nc(C(F)(F)F)cc1-c1ccc(Cc2csc(Nc3ccccc3)n2)s1. The van der Waals surface area contributed by atoms with Crippen LogP contribution in [0.2, 0.25) is 0 Å². The summed E-state index contributed by atoms with van der Waals surface area (Å²) in [4.78, 5) is 6.36. The van der Waals surface area contributed by atoms with Crippen molar-refractivity contribution in [3.8, 4) is 10.6 Å². The number of thiophene rings is 1. The molecule has 4 aromatic rings. The van der Waals surface area contributed by atoms with Gasteiger partial charge < -0.3 is 5.32 Å². The maximum Gasteiger partial charge on any atom is 0.435 e. The minimum absolute atomic E-state index is 0.452. The van der Waals surface area contributed by atoms with Gasteiger partial charge in [0.2, 0.25) is 0 Å². The van der Waals surface area contributed by atoms with Crippen molar-refractivity contribution >= 4 is 33.5 Å². The molecule has 0 saturated carbocycles. The minimum Gasteiger partial charge on any atom is -0.332 e. The van der Waals surface area contributed by atoms with Crippen LogP contribution in [0.4, 0.5) is 24.0 Å². The van der Waals surface area contributed by atoms with Gasteiger partial charge >= 0.3 is 6.18 Å². The van der Waals surface area contributed by atoms with Crippen molar-refractivity contribution < 1.29 is 13.2 Å². The molecule has 0 bridgehead atoms. The molecule has 0 spiro atoms. The van der Waals surface area contributed by atoms with E-state index >= 15 is 0 Å². The van der Waals surface area contributed by atoms with Crippen LogP contribution >= 0.6 is 22.7 Å². The summed E-state index contributed by atoms with van der Waals surface area (Å²) >= 11 is 2.97. The molecule has 1 N–H and O–H groups in total. The molecule has 4 rings (SSSR count). The van der Waals surface area contributed by atoms with E-state index in [1.54, 1.807) is 0 Å². The topological polar surface area (TPSA) is 42.7 Å². The molecule has 0 aliphatic heterocycles. The fourth-order valence-corrected chi connectivity index (χ4v) is 4.52. The third-order valence-electron chi connectivity index (χ3n) is 4.02. The molecule has 144 valence electrons. The Morgan fingerprint density at radius 1 is 1.11 bits per heavy atom. The highest BCUT2D eigenvalue weighted by atomic mass is 32.1. The maximum atomic E-state index is 12.9. The van der Waals surface area contributed by atoms with Crippen LogP contribution in [0.25, 0.3) is 10.6 Å². The van der Waals surface area contributed by atoms with Crippen LogP contribution in [0, 0.1) is 0 Å². The number of hydrogen-bond acceptors (Lipinski definition) is 5. The molecule has 0 amide bonds. The molecule has 4 nitrogen and oxygen atoms in total. The zero-order chi connectivity index (χ0) is 19.7. The average molecular weight is 420 g/mol. The van der Waals surface area contributed by atoms with Crippen molar-refractivity contribution in [1.29, 1.82) is 0 Å². The second-order valence-electron chi connectivity index (χ2n) is 6.11. The monoisotopic (exact) mass is 420 g/mol. The molecule has 9 heteroatoms. The quantitative estimate of drug-likeness (QED) is 0.433. The Hall–Kier alpha value is -2.65. The molecular formula is C19H15F3N4S2. The van der Waals surface area contributed by atoms with Gasteiger partial charge in [-0.1, -0.05) is 18.2 Å². The van der Waals surface area contributed by atoms with E-state index in [4.69, 9.17) is 0 Å². The van der Waals surface area contributed by atoms with Gasteiger partial charge in [0, 0.05) is 29.4 Å². The van der Waals surface area contributed by atoms with Crippen LogP contribution in [0.5, 0.6) is 0 Å². The number of anilines is 2. The number of halogens is 3. The van der Waals surface area contributed by atoms with E-state index in [1.807, 2.05) is 47.8 Å². The minimum atomic E-state index is -4.45. The number of benzene rings is 1. The fraction of sp³-hybridized carbons (Fsp3) is 0.158. The number of aryl methyl sites for hydroxylation is 1. The van der Waals surface area contributed by atoms with Gasteiger partial charge in [0.15, 0.2) is 10.8 Å². The molecule has 0 unspecified atom stereocenters. The van der Waals surface area contributed by atoms with Crippen molar-refractivity contribution in [3.05, 3.63) is 70.2 Å². The van der Waals surface area contributed by atoms with E-state index in [9.17, 15) is 13.2 Å². The summed E-state index contributed by atoms with van der Waals surface area (Å²) in [5, 5.41) is 9.62. The van der Waals surface area contributed by atoms with Gasteiger partial charge in [-0.15, -0.1) is 22.7 Å². The summed E-state index contributed by atoms with van der Waals surface area (Å²) in [5.74, 6) is 0. The van der Waals surface area contributed by atoms with Crippen molar-refractivity contribution in [2.24, 2.45) is 7.05 Å². The van der Waals surface area contributed by atoms with Gasteiger partial charge in [-0.3, -0.25) is 4.68 Å². The molecule has 0 aliphatic carbocycles. The van der Waals surface area contributed by atoms with Crippen molar-refractivity contribution in [1.82, 2.24) is 14.8 Å². The highest BCUT2D eigenvalue weighted by Gasteiger charge is 2.34. The van der Waals surface area contributed by atoms with Crippen LogP contribution in [0.15, 0.2) is 53.9 Å². The summed E-state index contributed by atoms with van der Waals surface area (Å²) in [6.45, 7) is 0. The van der Waals surface area contributed by atoms with Gasteiger partial charge in [0.1, 0.15) is 0 Å². The van der Waals surface area contributed by atoms with Gasteiger partial charge in [-0.05, 0) is 30.3 Å². The van der Waals surface area contributed by atoms with Crippen LogP contribution < -0.4 is 5.32 Å². The molecule has 0 saturated heterocycles. The zero-order valence-corrected chi connectivity index (χ0v) is 16.3. The van der Waals surface area contributed by atoms with Crippen molar-refractivity contribution in [2.75, 3.05) is 5.32 Å². The Balaban J connectivity index is 1.48. The van der Waals surface area contributed by atoms with E-state index < -0.39 is 11.9 Å². The maximum absolute atomic E-state index is 12.9. The number of para-hydroxylation sites is 1. The van der Waals surface area contributed by atoms with Crippen LogP contribution in [0.1, 0.15) is 16.3 Å². The first-order valence-corrected chi connectivity index (χ1v) is 10.0. The van der Waals surface area contributed by atoms with E-state index in [0.717, 1.165) is 32.3 Å². The van der Waals surface area contributed by atoms with Crippen LogP contribution in [-0.4, -0.2) is 14.8 Å². The Morgan fingerprint density at radius 3 is 2.61 bits per heavy atom. The third-order valence-corrected chi connectivity index (χ3v) is 5.93. The van der Waals surface area contributed by atoms with Gasteiger partial charge in [-0.25, -0.2) is 4.98 Å². The number of rotatable bonds is 5. The molecule has 0 radical (unpaired) electrons. The van der Waals surface area contributed by atoms with E-state index in [-0.39, 0.29) is 0 Å². The molecule has 3 aromatic heterocycles. The second kappa shape index (κ2) is 7.40. The first-order valence-electron chi connectivity index (χ1n) is 8.35. The van der Waals surface area contributed by atoms with E-state index in [1.165, 1.54) is 34.4 Å². The Kier molecular flexibility index (Phi) is 4.94. The Labute approximate surface area is 167 Å². The summed E-state index contributed by atoms with van der Waals surface area (Å²) in [6, 6.07) is 14.6. The van der Waals surface area contributed by atoms with Gasteiger partial charge in [-0.2, -0.15) is 18.3 Å². The molecular weight excluding hydrogens is 405 g/mol. The number of aromatic nitrogens is 3. The number of hydrogen-bond donors (Lipinski definition) is 1. The number of nitrogens with one attached hydrogen (secondary N) is 1. The van der Waals surface area contributed by atoms with Crippen molar-refractivity contribution in [3.63, 3.8) is 0 Å². The predicted octanol–water partition coefficient (Wildman–Crippen LogP) is 5.96. The lowest BCUT2D eigenvalue weighted by atomic mass is 10.2. The van der Waals surface area contributed by atoms with Crippen molar-refractivity contribution in [2.45, 2.75) is 12.6 Å². The standard InChI is InChI=1S/C19H15F3N4S2/c1-26-15(10-17(25-26)19(20,21)22)16-8-7-14(28-16)9-13-11-27-18(24-13)23-12-5-3-2-4-6-12/h2-8,10-11H,9H2,1H3,(H,23,24). The molecule has 0 fully saturated rings. The summed E-state index contributed by atoms with van der Waals surface area (Å²) in [6.07, 6.45) is -3.82. The molecule has 28 heavy (non-hydrogen) atoms. The third kappa shape index (κ3) is 4.10. The van der Waals surface area contributed by atoms with Gasteiger partial charge in [0.25, 0.3) is 0 Å². The highest BCUT2D eigenvalue weighted by molar-refractivity contribution is 7.15. The van der Waals surface area contributed by atoms with E-state index in [0.29, 0.717) is 12.1 Å². The Morgan fingerprint density at radius 2 is 1.89 bits per heavy atom. The normalized spacial score (nSPS) is 11.7. The summed E-state index contributed by atoms with van der Waals surface area (Å²) in [5.41, 5.74) is 1.46. The average Bonchev–Trinajstić information content (AvgIpc) is 3.36. The van der Waals surface area contributed by atoms with Crippen LogP contribution in [-0.2, 0) is 19.6 Å². The fourth-order valence-electron chi connectivity index (χ4n) is 2.72. The number of nitrogens with zero attached hydrogens (tertiary/aromatic N) is 3. The Bertz CT molecular complexity index is 1080. The zero-order valence-electron chi connectivity index (χ0n) is 14.7. The number of alkyl halides is 3. The summed E-state index contributed by atoms with van der Waals surface area (Å²) in [7, 11) is 1.52. The largest absolute Gasteiger partial charge is 0.435 e. The predicted molar refractivity (Wildman–Crippen MR) is 106 cm³/mol.